The van der Waals surface area contributed by atoms with Crippen LogP contribution in [0.15, 0.2) is 41.8 Å². The Morgan fingerprint density at radius 1 is 1.25 bits per heavy atom. The second-order valence-corrected chi connectivity index (χ2v) is 7.60. The van der Waals surface area contributed by atoms with Crippen LogP contribution in [-0.4, -0.2) is 29.7 Å². The SMILES string of the molecule is Cc1cc(C(=O)N2CCC[C@@H](C(=O)CCc3ccccc3)C2)cs1. The number of piperidine rings is 1. The normalized spacial score (nSPS) is 17.7. The minimum Gasteiger partial charge on any atom is -0.338 e. The maximum Gasteiger partial charge on any atom is 0.254 e. The minimum absolute atomic E-state index is 0.00820. The van der Waals surface area contributed by atoms with E-state index >= 15 is 0 Å². The second-order valence-electron chi connectivity index (χ2n) is 6.49. The molecule has 0 N–H and O–H groups in total. The highest BCUT2D eigenvalue weighted by atomic mass is 32.1. The zero-order valence-electron chi connectivity index (χ0n) is 14.0. The molecule has 24 heavy (non-hydrogen) atoms. The summed E-state index contributed by atoms with van der Waals surface area (Å²) in [7, 11) is 0. The molecule has 0 bridgehead atoms. The van der Waals surface area contributed by atoms with E-state index in [-0.39, 0.29) is 17.6 Å². The lowest BCUT2D eigenvalue weighted by atomic mass is 9.90. The predicted octanol–water partition coefficient (Wildman–Crippen LogP) is 4.11. The summed E-state index contributed by atoms with van der Waals surface area (Å²) in [5, 5.41) is 1.92. The van der Waals surface area contributed by atoms with Gasteiger partial charge in [-0.2, -0.15) is 0 Å². The van der Waals surface area contributed by atoms with Gasteiger partial charge in [-0.05, 0) is 37.8 Å². The Kier molecular flexibility index (Phi) is 5.46. The van der Waals surface area contributed by atoms with Crippen molar-refractivity contribution in [3.8, 4) is 0 Å². The Balaban J connectivity index is 1.56. The molecule has 0 radical (unpaired) electrons. The number of nitrogens with zero attached hydrogens (tertiary/aromatic N) is 1. The number of carbonyl (C=O) groups is 2. The van der Waals surface area contributed by atoms with Gasteiger partial charge in [0.15, 0.2) is 0 Å². The van der Waals surface area contributed by atoms with Gasteiger partial charge in [-0.15, -0.1) is 11.3 Å². The topological polar surface area (TPSA) is 37.4 Å². The number of carbonyl (C=O) groups excluding carboxylic acids is 2. The van der Waals surface area contributed by atoms with E-state index in [0.717, 1.165) is 36.2 Å². The van der Waals surface area contributed by atoms with E-state index in [4.69, 9.17) is 0 Å². The van der Waals surface area contributed by atoms with Crippen LogP contribution >= 0.6 is 11.3 Å². The van der Waals surface area contributed by atoms with E-state index in [1.807, 2.05) is 41.5 Å². The van der Waals surface area contributed by atoms with E-state index in [1.54, 1.807) is 11.3 Å². The van der Waals surface area contributed by atoms with Gasteiger partial charge < -0.3 is 4.90 Å². The van der Waals surface area contributed by atoms with Gasteiger partial charge in [0.2, 0.25) is 0 Å². The molecule has 1 amide bonds. The van der Waals surface area contributed by atoms with Crippen LogP contribution in [0.25, 0.3) is 0 Å². The number of amides is 1. The monoisotopic (exact) mass is 341 g/mol. The van der Waals surface area contributed by atoms with Crippen LogP contribution in [-0.2, 0) is 11.2 Å². The number of rotatable bonds is 5. The highest BCUT2D eigenvalue weighted by molar-refractivity contribution is 7.10. The average Bonchev–Trinajstić information content (AvgIpc) is 3.06. The highest BCUT2D eigenvalue weighted by Crippen LogP contribution is 2.23. The lowest BCUT2D eigenvalue weighted by molar-refractivity contribution is -0.124. The third-order valence-electron chi connectivity index (χ3n) is 4.64. The molecule has 126 valence electrons. The fraction of sp³-hybridized carbons (Fsp3) is 0.400. The summed E-state index contributed by atoms with van der Waals surface area (Å²) in [5.41, 5.74) is 1.96. The average molecular weight is 341 g/mol. The van der Waals surface area contributed by atoms with E-state index in [9.17, 15) is 9.59 Å². The summed E-state index contributed by atoms with van der Waals surface area (Å²) in [6.07, 6.45) is 3.17. The van der Waals surface area contributed by atoms with Crippen LogP contribution in [0.4, 0.5) is 0 Å². The highest BCUT2D eigenvalue weighted by Gasteiger charge is 2.28. The van der Waals surface area contributed by atoms with Gasteiger partial charge in [-0.3, -0.25) is 9.59 Å². The molecular weight excluding hydrogens is 318 g/mol. The molecule has 0 aliphatic carbocycles. The third kappa shape index (κ3) is 4.12. The van der Waals surface area contributed by atoms with Crippen molar-refractivity contribution < 1.29 is 9.59 Å². The summed E-state index contributed by atoms with van der Waals surface area (Å²) in [5.74, 6) is 0.351. The standard InChI is InChI=1S/C20H23NO2S/c1-15-12-18(14-24-15)20(23)21-11-5-8-17(13-21)19(22)10-9-16-6-3-2-4-7-16/h2-4,6-7,12,14,17H,5,8-11,13H2,1H3/t17-/m1/s1. The summed E-state index contributed by atoms with van der Waals surface area (Å²) < 4.78 is 0. The lowest BCUT2D eigenvalue weighted by Crippen LogP contribution is -2.42. The van der Waals surface area contributed by atoms with E-state index in [0.29, 0.717) is 13.0 Å². The first-order valence-electron chi connectivity index (χ1n) is 8.54. The van der Waals surface area contributed by atoms with Crippen molar-refractivity contribution in [1.29, 1.82) is 0 Å². The number of likely N-dealkylation sites (tertiary alicyclic amines) is 1. The minimum atomic E-state index is -0.00820. The number of aryl methyl sites for hydroxylation is 2. The van der Waals surface area contributed by atoms with Crippen LogP contribution in [0.1, 0.15) is 40.1 Å². The molecule has 1 aliphatic heterocycles. The number of hydrogen-bond donors (Lipinski definition) is 0. The quantitative estimate of drug-likeness (QED) is 0.821. The van der Waals surface area contributed by atoms with Crippen molar-refractivity contribution in [2.45, 2.75) is 32.6 Å². The summed E-state index contributed by atoms with van der Waals surface area (Å²) in [6.45, 7) is 3.34. The molecule has 1 atom stereocenters. The Labute approximate surface area is 147 Å². The molecule has 1 aromatic carbocycles. The predicted molar refractivity (Wildman–Crippen MR) is 97.5 cm³/mol. The molecule has 1 aromatic heterocycles. The fourth-order valence-corrected chi connectivity index (χ4v) is 3.96. The van der Waals surface area contributed by atoms with Crippen molar-refractivity contribution >= 4 is 23.0 Å². The molecule has 1 fully saturated rings. The first-order chi connectivity index (χ1) is 11.6. The van der Waals surface area contributed by atoms with Crippen molar-refractivity contribution in [3.05, 3.63) is 57.8 Å². The summed E-state index contributed by atoms with van der Waals surface area (Å²) in [4.78, 5) is 28.1. The van der Waals surface area contributed by atoms with Gasteiger partial charge in [0, 0.05) is 35.7 Å². The molecular formula is C20H23NO2S. The third-order valence-corrected chi connectivity index (χ3v) is 5.51. The van der Waals surface area contributed by atoms with Gasteiger partial charge >= 0.3 is 0 Å². The van der Waals surface area contributed by atoms with Crippen molar-refractivity contribution in [1.82, 2.24) is 4.90 Å². The molecule has 2 aromatic rings. The maximum absolute atomic E-state index is 12.6. The second kappa shape index (κ2) is 7.75. The van der Waals surface area contributed by atoms with Crippen molar-refractivity contribution in [3.63, 3.8) is 0 Å². The van der Waals surface area contributed by atoms with Crippen LogP contribution in [0.2, 0.25) is 0 Å². The maximum atomic E-state index is 12.6. The molecule has 3 nitrogen and oxygen atoms in total. The van der Waals surface area contributed by atoms with Gasteiger partial charge in [-0.25, -0.2) is 0 Å². The number of benzene rings is 1. The first kappa shape index (κ1) is 16.9. The van der Waals surface area contributed by atoms with E-state index < -0.39 is 0 Å². The summed E-state index contributed by atoms with van der Waals surface area (Å²) in [6, 6.07) is 12.1. The molecule has 0 unspecified atom stereocenters. The number of hydrogen-bond acceptors (Lipinski definition) is 3. The first-order valence-corrected chi connectivity index (χ1v) is 9.42. The Bertz CT molecular complexity index is 707. The van der Waals surface area contributed by atoms with Gasteiger partial charge in [0.25, 0.3) is 5.91 Å². The lowest BCUT2D eigenvalue weighted by Gasteiger charge is -2.32. The number of thiophene rings is 1. The summed E-state index contributed by atoms with van der Waals surface area (Å²) >= 11 is 1.60. The molecule has 1 saturated heterocycles. The van der Waals surface area contributed by atoms with Gasteiger partial charge in [0.1, 0.15) is 5.78 Å². The molecule has 4 heteroatoms. The van der Waals surface area contributed by atoms with Crippen molar-refractivity contribution in [2.24, 2.45) is 5.92 Å². The van der Waals surface area contributed by atoms with Crippen molar-refractivity contribution in [2.75, 3.05) is 13.1 Å². The molecule has 1 aliphatic rings. The Morgan fingerprint density at radius 3 is 2.75 bits per heavy atom. The van der Waals surface area contributed by atoms with Crippen LogP contribution in [0.5, 0.6) is 0 Å². The molecule has 2 heterocycles. The van der Waals surface area contributed by atoms with Gasteiger partial charge in [0.05, 0.1) is 5.56 Å². The van der Waals surface area contributed by atoms with Crippen LogP contribution < -0.4 is 0 Å². The number of ketones is 1. The van der Waals surface area contributed by atoms with E-state index in [1.165, 1.54) is 5.56 Å². The zero-order valence-corrected chi connectivity index (χ0v) is 14.8. The Hall–Kier alpha value is -1.94. The number of Topliss-reactive ketones (excluding diaryl/α,β-unsaturated/α-hetero) is 1. The van der Waals surface area contributed by atoms with E-state index in [2.05, 4.69) is 12.1 Å². The van der Waals surface area contributed by atoms with Gasteiger partial charge in [-0.1, -0.05) is 30.3 Å². The zero-order chi connectivity index (χ0) is 16.9. The molecule has 3 rings (SSSR count). The fourth-order valence-electron chi connectivity index (χ4n) is 3.28. The van der Waals surface area contributed by atoms with Crippen LogP contribution in [0.3, 0.4) is 0 Å². The van der Waals surface area contributed by atoms with Crippen LogP contribution in [0, 0.1) is 12.8 Å². The smallest absolute Gasteiger partial charge is 0.254 e. The molecule has 0 spiro atoms. The largest absolute Gasteiger partial charge is 0.338 e. The molecule has 0 saturated carbocycles. The Morgan fingerprint density at radius 2 is 2.04 bits per heavy atom.